The van der Waals surface area contributed by atoms with Crippen molar-refractivity contribution in [2.45, 2.75) is 24.0 Å². The summed E-state index contributed by atoms with van der Waals surface area (Å²) in [5, 5.41) is 5.62. The van der Waals surface area contributed by atoms with Crippen LogP contribution in [0.25, 0.3) is 11.5 Å². The van der Waals surface area contributed by atoms with Gasteiger partial charge < -0.3 is 14.2 Å². The number of rotatable bonds is 6. The van der Waals surface area contributed by atoms with Gasteiger partial charge in [0.15, 0.2) is 11.7 Å². The van der Waals surface area contributed by atoms with E-state index in [1.54, 1.807) is 0 Å². The fraction of sp³-hybridized carbons (Fsp3) is 0.417. The summed E-state index contributed by atoms with van der Waals surface area (Å²) >= 11 is 1.47. The van der Waals surface area contributed by atoms with Crippen LogP contribution in [0.15, 0.2) is 57.2 Å². The van der Waals surface area contributed by atoms with Gasteiger partial charge in [-0.05, 0) is 24.0 Å². The van der Waals surface area contributed by atoms with E-state index in [0.717, 1.165) is 10.8 Å². The maximum atomic E-state index is 14.0. The van der Waals surface area contributed by atoms with Crippen LogP contribution < -0.4 is 4.90 Å². The Morgan fingerprint density at radius 3 is 2.45 bits per heavy atom. The molecule has 2 aliphatic heterocycles. The molecule has 204 valence electrons. The largest absolute Gasteiger partial charge is 0.458 e. The lowest BCUT2D eigenvalue weighted by Crippen LogP contribution is -2.39. The quantitative estimate of drug-likeness (QED) is 0.379. The molecule has 4 heterocycles. The second-order valence-electron chi connectivity index (χ2n) is 8.43. The molecule has 1 fully saturated rings. The molecular formula is C24H26F5N7OS. The third kappa shape index (κ3) is 5.46. The molecule has 0 unspecified atom stereocenters. The zero-order valence-electron chi connectivity index (χ0n) is 21.0. The first-order valence-corrected chi connectivity index (χ1v) is 12.6. The van der Waals surface area contributed by atoms with Crippen molar-refractivity contribution in [2.24, 2.45) is 17.1 Å². The summed E-state index contributed by atoms with van der Waals surface area (Å²) in [6.07, 6.45) is -4.75. The highest BCUT2D eigenvalue weighted by atomic mass is 32.2. The monoisotopic (exact) mass is 555 g/mol. The topological polar surface area (TPSA) is 71.1 Å². The standard InChI is InChI=1S/C24H26F5N7OS/c1-5-38-22-19(21-31-15(2)13-16(14-30-35(21)4)23(25,26)24(27,28)29)33-20(34(22)3)17-7-6-8-18(32-17)36-9-11-37-12-10-36/h6-8,13-14H,2,5,9-12H2,1,3-4H3/b16-13+,30-14-,31-21?. The Bertz CT molecular complexity index is 1300. The zero-order valence-corrected chi connectivity index (χ0v) is 21.8. The van der Waals surface area contributed by atoms with Crippen molar-refractivity contribution in [3.05, 3.63) is 47.8 Å². The van der Waals surface area contributed by atoms with Crippen LogP contribution in [0.1, 0.15) is 12.6 Å². The summed E-state index contributed by atoms with van der Waals surface area (Å²) in [7, 11) is 3.21. The van der Waals surface area contributed by atoms with Crippen LogP contribution in [0.5, 0.6) is 0 Å². The molecule has 38 heavy (non-hydrogen) atoms. The summed E-state index contributed by atoms with van der Waals surface area (Å²) in [4.78, 5) is 15.9. The first-order valence-electron chi connectivity index (χ1n) is 11.7. The molecule has 0 aromatic carbocycles. The van der Waals surface area contributed by atoms with Crippen LogP contribution in [0.2, 0.25) is 0 Å². The minimum atomic E-state index is -5.79. The number of nitrogens with zero attached hydrogens (tertiary/aromatic N) is 7. The highest BCUT2D eigenvalue weighted by molar-refractivity contribution is 7.99. The predicted octanol–water partition coefficient (Wildman–Crippen LogP) is 4.75. The van der Waals surface area contributed by atoms with Crippen molar-refractivity contribution >= 4 is 29.6 Å². The smallest absolute Gasteiger partial charge is 0.378 e. The molecule has 2 aromatic heterocycles. The van der Waals surface area contributed by atoms with Crippen LogP contribution in [0.4, 0.5) is 27.8 Å². The lowest BCUT2D eigenvalue weighted by molar-refractivity contribution is -0.261. The lowest BCUT2D eigenvalue weighted by Gasteiger charge is -2.28. The van der Waals surface area contributed by atoms with Gasteiger partial charge in [-0.15, -0.1) is 11.8 Å². The van der Waals surface area contributed by atoms with E-state index in [9.17, 15) is 22.0 Å². The Labute approximate surface area is 220 Å². The number of halogens is 5. The highest BCUT2D eigenvalue weighted by Crippen LogP contribution is 2.41. The van der Waals surface area contributed by atoms with Gasteiger partial charge in [0.25, 0.3) is 0 Å². The van der Waals surface area contributed by atoms with Crippen LogP contribution >= 0.6 is 11.8 Å². The molecule has 1 saturated heterocycles. The number of anilines is 1. The van der Waals surface area contributed by atoms with Crippen molar-refractivity contribution in [3.63, 3.8) is 0 Å². The third-order valence-electron chi connectivity index (χ3n) is 5.80. The van der Waals surface area contributed by atoms with Crippen LogP contribution in [-0.4, -0.2) is 82.8 Å². The number of thioether (sulfide) groups is 1. The van der Waals surface area contributed by atoms with E-state index in [-0.39, 0.29) is 11.5 Å². The van der Waals surface area contributed by atoms with Crippen molar-refractivity contribution in [1.82, 2.24) is 19.5 Å². The van der Waals surface area contributed by atoms with E-state index in [0.29, 0.717) is 66.6 Å². The summed E-state index contributed by atoms with van der Waals surface area (Å²) in [6, 6.07) is 5.62. The van der Waals surface area contributed by atoms with E-state index < -0.39 is 17.7 Å². The summed E-state index contributed by atoms with van der Waals surface area (Å²) in [6.45, 7) is 8.17. The number of amidine groups is 1. The minimum Gasteiger partial charge on any atom is -0.378 e. The van der Waals surface area contributed by atoms with Crippen LogP contribution in [-0.2, 0) is 11.8 Å². The first-order chi connectivity index (χ1) is 17.9. The van der Waals surface area contributed by atoms with Gasteiger partial charge in [-0.3, -0.25) is 0 Å². The molecule has 14 heteroatoms. The average Bonchev–Trinajstić information content (AvgIpc) is 3.19. The number of aromatic nitrogens is 3. The molecule has 0 aliphatic carbocycles. The van der Waals surface area contributed by atoms with Crippen molar-refractivity contribution in [3.8, 4) is 11.5 Å². The van der Waals surface area contributed by atoms with Gasteiger partial charge in [0.05, 0.1) is 30.7 Å². The van der Waals surface area contributed by atoms with Crippen molar-refractivity contribution in [2.75, 3.05) is 44.0 Å². The molecule has 2 aliphatic rings. The van der Waals surface area contributed by atoms with E-state index in [4.69, 9.17) is 14.7 Å². The fourth-order valence-electron chi connectivity index (χ4n) is 3.88. The van der Waals surface area contributed by atoms with Crippen LogP contribution in [0.3, 0.4) is 0 Å². The molecule has 0 radical (unpaired) electrons. The van der Waals surface area contributed by atoms with E-state index >= 15 is 0 Å². The summed E-state index contributed by atoms with van der Waals surface area (Å²) < 4.78 is 74.1. The molecule has 4 rings (SSSR count). The number of hydrogen-bond acceptors (Lipinski definition) is 8. The summed E-state index contributed by atoms with van der Waals surface area (Å²) in [5.74, 6) is -3.00. The molecule has 0 saturated carbocycles. The van der Waals surface area contributed by atoms with Crippen LogP contribution in [0, 0.1) is 0 Å². The lowest BCUT2D eigenvalue weighted by atomic mass is 10.1. The van der Waals surface area contributed by atoms with Gasteiger partial charge in [-0.25, -0.2) is 20.0 Å². The number of alkyl halides is 5. The number of hydrazone groups is 1. The fourth-order valence-corrected chi connectivity index (χ4v) is 4.71. The van der Waals surface area contributed by atoms with Crippen molar-refractivity contribution in [1.29, 1.82) is 0 Å². The second-order valence-corrected chi connectivity index (χ2v) is 9.68. The number of ether oxygens (including phenoxy) is 1. The third-order valence-corrected chi connectivity index (χ3v) is 6.83. The Morgan fingerprint density at radius 1 is 1.08 bits per heavy atom. The molecule has 0 bridgehead atoms. The van der Waals surface area contributed by atoms with Gasteiger partial charge in [-0.1, -0.05) is 19.6 Å². The maximum Gasteiger partial charge on any atom is 0.458 e. The zero-order chi connectivity index (χ0) is 27.7. The SMILES string of the molecule is C=C1/C=C(C(F)(F)C(F)(F)F)\C=N/N(C)C(c2nc(-c3cccc(N4CCOCC4)n3)n(C)c2SCC)=N1. The Kier molecular flexibility index (Phi) is 7.93. The normalized spacial score (nSPS) is 19.5. The van der Waals surface area contributed by atoms with E-state index in [1.807, 2.05) is 36.7 Å². The highest BCUT2D eigenvalue weighted by Gasteiger charge is 2.59. The molecular weight excluding hydrogens is 529 g/mol. The van der Waals surface area contributed by atoms with Crippen molar-refractivity contribution < 1.29 is 26.7 Å². The maximum absolute atomic E-state index is 14.0. The number of morpholine rings is 1. The van der Waals surface area contributed by atoms with Gasteiger partial charge >= 0.3 is 12.1 Å². The number of hydrogen-bond donors (Lipinski definition) is 0. The molecule has 8 nitrogen and oxygen atoms in total. The number of allylic oxidation sites excluding steroid dienone is 2. The average molecular weight is 556 g/mol. The first kappa shape index (κ1) is 27.8. The summed E-state index contributed by atoms with van der Waals surface area (Å²) in [5.41, 5.74) is -0.695. The Hall–Kier alpha value is -3.26. The number of imidazole rings is 1. The Morgan fingerprint density at radius 2 is 1.79 bits per heavy atom. The molecule has 0 N–H and O–H groups in total. The molecule has 0 atom stereocenters. The van der Waals surface area contributed by atoms with E-state index in [1.165, 1.54) is 18.8 Å². The predicted molar refractivity (Wildman–Crippen MR) is 137 cm³/mol. The minimum absolute atomic E-state index is 0.138. The van der Waals surface area contributed by atoms with Gasteiger partial charge in [0.2, 0.25) is 0 Å². The number of pyridine rings is 1. The molecule has 2 aromatic rings. The molecule has 0 spiro atoms. The van der Waals surface area contributed by atoms with Gasteiger partial charge in [0, 0.05) is 27.2 Å². The van der Waals surface area contributed by atoms with E-state index in [2.05, 4.69) is 21.6 Å². The van der Waals surface area contributed by atoms with Gasteiger partial charge in [0.1, 0.15) is 22.2 Å². The molecule has 0 amide bonds. The number of aliphatic imine (C=N–C) groups is 1. The second kappa shape index (κ2) is 10.8. The Balaban J connectivity index is 1.77. The van der Waals surface area contributed by atoms with Gasteiger partial charge in [-0.2, -0.15) is 27.1 Å².